The van der Waals surface area contributed by atoms with Crippen LogP contribution in [0, 0.1) is 0 Å². The second kappa shape index (κ2) is 7.75. The zero-order valence-electron chi connectivity index (χ0n) is 19.1. The van der Waals surface area contributed by atoms with Crippen LogP contribution in [0.4, 0.5) is 13.2 Å². The quantitative estimate of drug-likeness (QED) is 0.394. The van der Waals surface area contributed by atoms with Crippen LogP contribution in [0.5, 0.6) is 0 Å². The number of fused-ring (bicyclic) bond motifs is 2. The molecule has 188 valence electrons. The maximum atomic E-state index is 13.6. The van der Waals surface area contributed by atoms with Crippen molar-refractivity contribution >= 4 is 11.4 Å². The summed E-state index contributed by atoms with van der Waals surface area (Å²) in [5.41, 5.74) is 4.21. The minimum atomic E-state index is -4.69. The zero-order valence-corrected chi connectivity index (χ0v) is 19.1. The van der Waals surface area contributed by atoms with Crippen LogP contribution in [0.1, 0.15) is 58.1 Å². The van der Waals surface area contributed by atoms with Crippen LogP contribution < -0.4 is 0 Å². The van der Waals surface area contributed by atoms with E-state index in [-0.39, 0.29) is 22.2 Å². The fraction of sp³-hybridized carbons (Fsp3) is 0.304. The van der Waals surface area contributed by atoms with Gasteiger partial charge in [0.25, 0.3) is 5.89 Å². The van der Waals surface area contributed by atoms with Gasteiger partial charge >= 0.3 is 18.1 Å². The molecule has 0 aromatic carbocycles. The predicted octanol–water partition coefficient (Wildman–Crippen LogP) is 3.45. The Labute approximate surface area is 205 Å². The van der Waals surface area contributed by atoms with E-state index in [1.807, 2.05) is 22.8 Å². The van der Waals surface area contributed by atoms with Crippen LogP contribution in [0.2, 0.25) is 0 Å². The second-order valence-corrected chi connectivity index (χ2v) is 9.08. The Hall–Kier alpha value is -4.49. The van der Waals surface area contributed by atoms with Crippen LogP contribution in [0.15, 0.2) is 47.4 Å². The van der Waals surface area contributed by atoms with E-state index >= 15 is 0 Å². The Morgan fingerprint density at radius 1 is 1.14 bits per heavy atom. The van der Waals surface area contributed by atoms with Gasteiger partial charge in [0.05, 0.1) is 23.2 Å². The summed E-state index contributed by atoms with van der Waals surface area (Å²) in [6.45, 7) is 0.322. The Balaban J connectivity index is 1.25. The summed E-state index contributed by atoms with van der Waals surface area (Å²) in [5.74, 6) is -0.715. The van der Waals surface area contributed by atoms with Crippen LogP contribution in [-0.2, 0) is 12.7 Å². The molecule has 1 saturated carbocycles. The number of imidazole rings is 1. The highest BCUT2D eigenvalue weighted by Gasteiger charge is 2.39. The van der Waals surface area contributed by atoms with E-state index in [9.17, 15) is 18.0 Å². The molecule has 0 radical (unpaired) electrons. The number of hydrogen-bond acceptors (Lipinski definition) is 7. The SMILES string of the molecule is O=C(c1nnc(-c2ccn(C(F)(F)F)n2)o1)N1CCc2[nH]cnc2C1c1cc2c(C3CC3)cccn2n1. The number of aromatic nitrogens is 8. The highest BCUT2D eigenvalue weighted by molar-refractivity contribution is 5.90. The summed E-state index contributed by atoms with van der Waals surface area (Å²) in [4.78, 5) is 22.7. The lowest BCUT2D eigenvalue weighted by Crippen LogP contribution is -2.41. The molecule has 0 spiro atoms. The van der Waals surface area contributed by atoms with Crippen molar-refractivity contribution in [2.75, 3.05) is 6.54 Å². The first-order valence-electron chi connectivity index (χ1n) is 11.6. The molecule has 5 aromatic rings. The van der Waals surface area contributed by atoms with E-state index in [4.69, 9.17) is 9.52 Å². The highest BCUT2D eigenvalue weighted by atomic mass is 19.4. The normalized spacial score (nSPS) is 17.9. The number of carbonyl (C=O) groups excluding carboxylic acids is 1. The number of pyridine rings is 1. The monoisotopic (exact) mass is 509 g/mol. The summed E-state index contributed by atoms with van der Waals surface area (Å²) in [6, 6.07) is 6.51. The number of hydrogen-bond donors (Lipinski definition) is 1. The van der Waals surface area contributed by atoms with Crippen molar-refractivity contribution in [1.82, 2.24) is 44.5 Å². The fourth-order valence-corrected chi connectivity index (χ4v) is 4.84. The van der Waals surface area contributed by atoms with Gasteiger partial charge < -0.3 is 14.3 Å². The number of aromatic amines is 1. The number of H-pyrrole nitrogens is 1. The predicted molar refractivity (Wildman–Crippen MR) is 119 cm³/mol. The van der Waals surface area contributed by atoms with Crippen LogP contribution in [-0.4, -0.2) is 56.9 Å². The number of alkyl halides is 3. The number of halogens is 3. The topological polar surface area (TPSA) is 123 Å². The fourth-order valence-electron chi connectivity index (χ4n) is 4.84. The Morgan fingerprint density at radius 3 is 2.78 bits per heavy atom. The van der Waals surface area contributed by atoms with Crippen molar-refractivity contribution in [3.05, 3.63) is 71.5 Å². The molecule has 0 bridgehead atoms. The van der Waals surface area contributed by atoms with Gasteiger partial charge in [-0.2, -0.15) is 14.9 Å². The van der Waals surface area contributed by atoms with Crippen LogP contribution in [0.25, 0.3) is 17.1 Å². The molecular formula is C23H18F3N9O2. The number of carbonyl (C=O) groups is 1. The summed E-state index contributed by atoms with van der Waals surface area (Å²) < 4.78 is 45.8. The Bertz CT molecular complexity index is 1640. The van der Waals surface area contributed by atoms with Crippen molar-refractivity contribution in [2.45, 2.75) is 37.5 Å². The molecule has 1 unspecified atom stereocenters. The molecular weight excluding hydrogens is 491 g/mol. The third kappa shape index (κ3) is 3.58. The first-order chi connectivity index (χ1) is 17.9. The van der Waals surface area contributed by atoms with Crippen molar-refractivity contribution in [3.63, 3.8) is 0 Å². The largest absolute Gasteiger partial charge is 0.504 e. The van der Waals surface area contributed by atoms with E-state index in [2.05, 4.69) is 31.3 Å². The standard InChI is InChI=1S/C23H18F3N9O2/c24-23(25,26)35-9-6-15(32-35)20-29-30-21(37-20)22(36)33-8-5-14-18(28-11-27-14)19(33)16-10-17-13(12-3-4-12)2-1-7-34(17)31-16/h1-2,6-7,9-12,19H,3-5,8H2,(H,27,28). The minimum absolute atomic E-state index is 0.174. The Morgan fingerprint density at radius 2 is 2.00 bits per heavy atom. The number of amides is 1. The third-order valence-corrected chi connectivity index (χ3v) is 6.71. The van der Waals surface area contributed by atoms with Gasteiger partial charge in [0.15, 0.2) is 0 Å². The smallest absolute Gasteiger partial charge is 0.411 e. The van der Waals surface area contributed by atoms with Gasteiger partial charge in [0, 0.05) is 31.1 Å². The van der Waals surface area contributed by atoms with E-state index in [0.717, 1.165) is 36.3 Å². The molecule has 1 amide bonds. The lowest BCUT2D eigenvalue weighted by atomic mass is 9.99. The van der Waals surface area contributed by atoms with Crippen LogP contribution in [0.3, 0.4) is 0 Å². The molecule has 2 aliphatic rings. The van der Waals surface area contributed by atoms with Gasteiger partial charge in [0.1, 0.15) is 11.7 Å². The average molecular weight is 509 g/mol. The molecule has 0 saturated heterocycles. The molecule has 5 aromatic heterocycles. The first-order valence-corrected chi connectivity index (χ1v) is 11.6. The molecule has 6 heterocycles. The molecule has 37 heavy (non-hydrogen) atoms. The molecule has 14 heteroatoms. The van der Waals surface area contributed by atoms with E-state index in [1.54, 1.807) is 11.2 Å². The molecule has 1 aliphatic heterocycles. The van der Waals surface area contributed by atoms with Crippen molar-refractivity contribution in [3.8, 4) is 11.6 Å². The molecule has 1 aliphatic carbocycles. The number of rotatable bonds is 4. The van der Waals surface area contributed by atoms with Crippen LogP contribution >= 0.6 is 0 Å². The molecule has 1 fully saturated rings. The lowest BCUT2D eigenvalue weighted by Gasteiger charge is -2.32. The van der Waals surface area contributed by atoms with E-state index < -0.39 is 18.2 Å². The van der Waals surface area contributed by atoms with E-state index in [0.29, 0.717) is 30.3 Å². The third-order valence-electron chi connectivity index (χ3n) is 6.71. The minimum Gasteiger partial charge on any atom is -0.411 e. The van der Waals surface area contributed by atoms with Gasteiger partial charge in [-0.05, 0) is 42.5 Å². The Kier molecular flexibility index (Phi) is 4.56. The molecule has 7 rings (SSSR count). The van der Waals surface area contributed by atoms with Gasteiger partial charge in [-0.15, -0.1) is 23.4 Å². The number of nitrogens with zero attached hydrogens (tertiary/aromatic N) is 8. The highest BCUT2D eigenvalue weighted by Crippen LogP contribution is 2.43. The molecule has 1 atom stereocenters. The summed E-state index contributed by atoms with van der Waals surface area (Å²) >= 11 is 0. The van der Waals surface area contributed by atoms with E-state index in [1.165, 1.54) is 5.56 Å². The summed E-state index contributed by atoms with van der Waals surface area (Å²) in [7, 11) is 0. The summed E-state index contributed by atoms with van der Waals surface area (Å²) in [5, 5.41) is 15.8. The summed E-state index contributed by atoms with van der Waals surface area (Å²) in [6.07, 6.45) is 2.30. The lowest BCUT2D eigenvalue weighted by molar-refractivity contribution is -0.212. The van der Waals surface area contributed by atoms with Crippen molar-refractivity contribution in [1.29, 1.82) is 0 Å². The van der Waals surface area contributed by atoms with Gasteiger partial charge in [-0.3, -0.25) is 4.79 Å². The molecule has 11 nitrogen and oxygen atoms in total. The maximum absolute atomic E-state index is 13.6. The number of nitrogens with one attached hydrogen (secondary N) is 1. The first kappa shape index (κ1) is 21.8. The zero-order chi connectivity index (χ0) is 25.3. The van der Waals surface area contributed by atoms with Gasteiger partial charge in [0.2, 0.25) is 0 Å². The van der Waals surface area contributed by atoms with Crippen molar-refractivity contribution in [2.24, 2.45) is 0 Å². The molecule has 1 N–H and O–H groups in total. The van der Waals surface area contributed by atoms with Gasteiger partial charge in [-0.1, -0.05) is 6.07 Å². The second-order valence-electron chi connectivity index (χ2n) is 9.08. The average Bonchev–Trinajstić information content (AvgIpc) is 3.33. The van der Waals surface area contributed by atoms with Crippen molar-refractivity contribution < 1.29 is 22.4 Å². The van der Waals surface area contributed by atoms with Gasteiger partial charge in [-0.25, -0.2) is 9.50 Å². The maximum Gasteiger partial charge on any atom is 0.504 e.